The first kappa shape index (κ1) is 17.9. The minimum absolute atomic E-state index is 0.237. The number of methoxy groups -OCH3 is 2. The Morgan fingerprint density at radius 1 is 1.21 bits per heavy atom. The largest absolute Gasteiger partial charge is 0.497 e. The van der Waals surface area contributed by atoms with E-state index < -0.39 is 0 Å². The van der Waals surface area contributed by atoms with Crippen molar-refractivity contribution in [1.82, 2.24) is 5.32 Å². The van der Waals surface area contributed by atoms with Crippen LogP contribution in [-0.2, 0) is 6.42 Å². The van der Waals surface area contributed by atoms with Crippen LogP contribution in [0.25, 0.3) is 0 Å². The van der Waals surface area contributed by atoms with Gasteiger partial charge in [-0.15, -0.1) is 0 Å². The van der Waals surface area contributed by atoms with Crippen molar-refractivity contribution >= 4 is 23.2 Å². The summed E-state index contributed by atoms with van der Waals surface area (Å²) in [5, 5.41) is 3.20. The average molecular weight is 349 g/mol. The van der Waals surface area contributed by atoms with Gasteiger partial charge in [0.15, 0.2) is 0 Å². The number of hydrogen-bond donors (Lipinski definition) is 2. The van der Waals surface area contributed by atoms with E-state index in [9.17, 15) is 4.79 Å². The lowest BCUT2D eigenvalue weighted by Crippen LogP contribution is -2.25. The van der Waals surface area contributed by atoms with Crippen molar-refractivity contribution in [3.8, 4) is 11.5 Å². The summed E-state index contributed by atoms with van der Waals surface area (Å²) >= 11 is 5.98. The molecule has 1 amide bonds. The fourth-order valence-corrected chi connectivity index (χ4v) is 2.50. The Labute approximate surface area is 146 Å². The van der Waals surface area contributed by atoms with Gasteiger partial charge in [0.05, 0.1) is 30.5 Å². The molecule has 0 aliphatic heterocycles. The van der Waals surface area contributed by atoms with Gasteiger partial charge >= 0.3 is 0 Å². The average Bonchev–Trinajstić information content (AvgIpc) is 2.60. The van der Waals surface area contributed by atoms with Gasteiger partial charge < -0.3 is 20.5 Å². The van der Waals surface area contributed by atoms with E-state index in [1.54, 1.807) is 13.2 Å². The third-order valence-corrected chi connectivity index (χ3v) is 3.95. The lowest BCUT2D eigenvalue weighted by Gasteiger charge is -2.11. The number of carbonyl (C=O) groups is 1. The van der Waals surface area contributed by atoms with Crippen molar-refractivity contribution < 1.29 is 14.3 Å². The zero-order valence-corrected chi connectivity index (χ0v) is 14.5. The first-order chi connectivity index (χ1) is 11.5. The molecule has 128 valence electrons. The van der Waals surface area contributed by atoms with E-state index in [4.69, 9.17) is 26.8 Å². The number of rotatable bonds is 7. The van der Waals surface area contributed by atoms with Crippen molar-refractivity contribution in [3.05, 3.63) is 52.5 Å². The van der Waals surface area contributed by atoms with Crippen molar-refractivity contribution in [1.29, 1.82) is 0 Å². The topological polar surface area (TPSA) is 73.6 Å². The number of anilines is 1. The van der Waals surface area contributed by atoms with E-state index in [0.717, 1.165) is 24.2 Å². The highest BCUT2D eigenvalue weighted by molar-refractivity contribution is 6.33. The lowest BCUT2D eigenvalue weighted by atomic mass is 10.1. The molecule has 2 aromatic rings. The number of halogens is 1. The number of ether oxygens (including phenoxy) is 2. The summed E-state index contributed by atoms with van der Waals surface area (Å²) in [7, 11) is 3.13. The molecule has 0 saturated heterocycles. The van der Waals surface area contributed by atoms with Gasteiger partial charge in [-0.25, -0.2) is 0 Å². The maximum Gasteiger partial charge on any atom is 0.255 e. The van der Waals surface area contributed by atoms with Crippen LogP contribution in [-0.4, -0.2) is 26.7 Å². The maximum atomic E-state index is 12.3. The molecule has 24 heavy (non-hydrogen) atoms. The van der Waals surface area contributed by atoms with Crippen LogP contribution in [0.5, 0.6) is 11.5 Å². The number of nitrogen functional groups attached to an aromatic ring is 1. The number of hydrogen-bond acceptors (Lipinski definition) is 4. The molecule has 0 spiro atoms. The molecule has 2 rings (SSSR count). The first-order valence-corrected chi connectivity index (χ1v) is 7.97. The third kappa shape index (κ3) is 4.55. The summed E-state index contributed by atoms with van der Waals surface area (Å²) in [5.74, 6) is 0.999. The second kappa shape index (κ2) is 8.45. The SMILES string of the molecule is COc1cccc(CCCNC(=O)c2cc(Cl)c(N)cc2OC)c1. The maximum absolute atomic E-state index is 12.3. The second-order valence-electron chi connectivity index (χ2n) is 5.28. The smallest absolute Gasteiger partial charge is 0.255 e. The number of amides is 1. The standard InChI is InChI=1S/C18H21ClN2O3/c1-23-13-7-3-5-12(9-13)6-4-8-21-18(22)14-10-15(19)16(20)11-17(14)24-2/h3,5,7,9-11H,4,6,8,20H2,1-2H3,(H,21,22). The van der Waals surface area contributed by atoms with Crippen LogP contribution < -0.4 is 20.5 Å². The molecular formula is C18H21ClN2O3. The summed E-state index contributed by atoms with van der Waals surface area (Å²) in [6.07, 6.45) is 1.65. The molecule has 0 unspecified atom stereocenters. The van der Waals surface area contributed by atoms with E-state index in [2.05, 4.69) is 5.32 Å². The Morgan fingerprint density at radius 3 is 2.71 bits per heavy atom. The molecular weight excluding hydrogens is 328 g/mol. The van der Waals surface area contributed by atoms with Gasteiger partial charge in [-0.1, -0.05) is 23.7 Å². The highest BCUT2D eigenvalue weighted by Gasteiger charge is 2.14. The van der Waals surface area contributed by atoms with Crippen molar-refractivity contribution in [2.75, 3.05) is 26.5 Å². The summed E-state index contributed by atoms with van der Waals surface area (Å²) in [4.78, 5) is 12.3. The molecule has 0 heterocycles. The molecule has 6 heteroatoms. The van der Waals surface area contributed by atoms with Gasteiger partial charge in [-0.2, -0.15) is 0 Å². The van der Waals surface area contributed by atoms with E-state index in [1.807, 2.05) is 24.3 Å². The first-order valence-electron chi connectivity index (χ1n) is 7.59. The Morgan fingerprint density at radius 2 is 2.00 bits per heavy atom. The molecule has 0 radical (unpaired) electrons. The Hall–Kier alpha value is -2.40. The Balaban J connectivity index is 1.90. The molecule has 0 atom stereocenters. The van der Waals surface area contributed by atoms with Gasteiger partial charge in [-0.05, 0) is 36.6 Å². The van der Waals surface area contributed by atoms with Crippen molar-refractivity contribution in [3.63, 3.8) is 0 Å². The van der Waals surface area contributed by atoms with Gasteiger partial charge in [-0.3, -0.25) is 4.79 Å². The second-order valence-corrected chi connectivity index (χ2v) is 5.69. The normalized spacial score (nSPS) is 10.3. The molecule has 0 fully saturated rings. The molecule has 0 aliphatic carbocycles. The zero-order chi connectivity index (χ0) is 17.5. The molecule has 2 aromatic carbocycles. The highest BCUT2D eigenvalue weighted by Crippen LogP contribution is 2.28. The van der Waals surface area contributed by atoms with E-state index in [1.165, 1.54) is 13.2 Å². The quantitative estimate of drug-likeness (QED) is 0.594. The van der Waals surface area contributed by atoms with Crippen molar-refractivity contribution in [2.24, 2.45) is 0 Å². The Kier molecular flexibility index (Phi) is 6.32. The van der Waals surface area contributed by atoms with Crippen molar-refractivity contribution in [2.45, 2.75) is 12.8 Å². The predicted molar refractivity (Wildman–Crippen MR) is 96.1 cm³/mol. The van der Waals surface area contributed by atoms with Crippen LogP contribution >= 0.6 is 11.6 Å². The van der Waals surface area contributed by atoms with E-state index >= 15 is 0 Å². The zero-order valence-electron chi connectivity index (χ0n) is 13.8. The van der Waals surface area contributed by atoms with Crippen LogP contribution in [0.3, 0.4) is 0 Å². The minimum atomic E-state index is -0.237. The summed E-state index contributed by atoms with van der Waals surface area (Å²) in [6, 6.07) is 11.0. The van der Waals surface area contributed by atoms with Gasteiger partial charge in [0.2, 0.25) is 0 Å². The van der Waals surface area contributed by atoms with Crippen LogP contribution in [0.1, 0.15) is 22.3 Å². The Bertz CT molecular complexity index is 719. The molecule has 0 aromatic heterocycles. The monoisotopic (exact) mass is 348 g/mol. The number of aryl methyl sites for hydroxylation is 1. The van der Waals surface area contributed by atoms with E-state index in [0.29, 0.717) is 28.6 Å². The van der Waals surface area contributed by atoms with Crippen LogP contribution in [0.15, 0.2) is 36.4 Å². The fourth-order valence-electron chi connectivity index (χ4n) is 2.33. The summed E-state index contributed by atoms with van der Waals surface area (Å²) in [6.45, 7) is 0.543. The van der Waals surface area contributed by atoms with E-state index in [-0.39, 0.29) is 5.91 Å². The van der Waals surface area contributed by atoms with Gasteiger partial charge in [0.25, 0.3) is 5.91 Å². The van der Waals surface area contributed by atoms with Gasteiger partial charge in [0.1, 0.15) is 11.5 Å². The fraction of sp³-hybridized carbons (Fsp3) is 0.278. The number of carbonyl (C=O) groups excluding carboxylic acids is 1. The molecule has 5 nitrogen and oxygen atoms in total. The third-order valence-electron chi connectivity index (χ3n) is 3.63. The summed E-state index contributed by atoms with van der Waals surface area (Å²) < 4.78 is 10.4. The van der Waals surface area contributed by atoms with Gasteiger partial charge in [0, 0.05) is 12.6 Å². The minimum Gasteiger partial charge on any atom is -0.497 e. The molecule has 0 aliphatic rings. The molecule has 0 saturated carbocycles. The number of nitrogens with two attached hydrogens (primary N) is 1. The number of nitrogens with one attached hydrogen (secondary N) is 1. The van der Waals surface area contributed by atoms with Crippen LogP contribution in [0.2, 0.25) is 5.02 Å². The van der Waals surface area contributed by atoms with Crippen LogP contribution in [0.4, 0.5) is 5.69 Å². The lowest BCUT2D eigenvalue weighted by molar-refractivity contribution is 0.0950. The highest BCUT2D eigenvalue weighted by atomic mass is 35.5. The molecule has 0 bridgehead atoms. The molecule has 3 N–H and O–H groups in total. The predicted octanol–water partition coefficient (Wildman–Crippen LogP) is 3.30. The summed E-state index contributed by atoms with van der Waals surface area (Å²) in [5.41, 5.74) is 7.64. The van der Waals surface area contributed by atoms with Crippen LogP contribution in [0, 0.1) is 0 Å². The number of benzene rings is 2.